The summed E-state index contributed by atoms with van der Waals surface area (Å²) >= 11 is 0. The molecule has 0 saturated carbocycles. The normalized spacial score (nSPS) is 15.0. The molecule has 0 spiro atoms. The van der Waals surface area contributed by atoms with Gasteiger partial charge in [-0.15, -0.1) is 0 Å². The van der Waals surface area contributed by atoms with Crippen molar-refractivity contribution in [3.05, 3.63) is 142 Å². The number of imide groups is 2. The molecule has 0 saturated heterocycles. The number of fused-ring (bicyclic) bond motifs is 2. The molecule has 0 radical (unpaired) electrons. The Hall–Kier alpha value is -5.26. The fourth-order valence-corrected chi connectivity index (χ4v) is 6.21. The van der Waals surface area contributed by atoms with Gasteiger partial charge in [0.2, 0.25) is 5.41 Å². The summed E-state index contributed by atoms with van der Waals surface area (Å²) in [5, 5.41) is 0. The minimum absolute atomic E-state index is 0.142. The summed E-state index contributed by atoms with van der Waals surface area (Å²) in [7, 11) is 0. The van der Waals surface area contributed by atoms with Crippen molar-refractivity contribution in [2.75, 3.05) is 13.1 Å². The number of amides is 4. The molecule has 0 aromatic heterocycles. The molecule has 0 fully saturated rings. The maximum absolute atomic E-state index is 15.0. The Bertz CT molecular complexity index is 1770. The Morgan fingerprint density at radius 1 is 0.447 bits per heavy atom. The number of carbonyl (C=O) groups excluding carboxylic acids is 4. The Labute approximate surface area is 264 Å². The number of benzene rings is 4. The molecule has 0 unspecified atom stereocenters. The number of carbonyl (C=O) groups is 4. The van der Waals surface area contributed by atoms with Crippen LogP contribution in [0.5, 0.6) is 0 Å². The van der Waals surface area contributed by atoms with Crippen LogP contribution in [-0.4, -0.2) is 58.9 Å². The first-order chi connectivity index (χ1) is 22.3. The Balaban J connectivity index is 1.39. The van der Waals surface area contributed by atoms with Gasteiger partial charge in [0.1, 0.15) is 0 Å². The highest BCUT2D eigenvalue weighted by Gasteiger charge is 2.73. The van der Waals surface area contributed by atoms with E-state index in [1.165, 1.54) is 0 Å². The minimum atomic E-state index is -6.04. The average Bonchev–Trinajstić information content (AvgIpc) is 3.41. The summed E-state index contributed by atoms with van der Waals surface area (Å²) in [4.78, 5) is 54.1. The van der Waals surface area contributed by atoms with Crippen molar-refractivity contribution >= 4 is 23.6 Å². The molecule has 240 valence electrons. The molecule has 47 heavy (non-hydrogen) atoms. The van der Waals surface area contributed by atoms with Gasteiger partial charge in [-0.3, -0.25) is 29.0 Å². The molecule has 12 heteroatoms. The third-order valence-electron chi connectivity index (χ3n) is 8.59. The van der Waals surface area contributed by atoms with Gasteiger partial charge in [0.25, 0.3) is 23.6 Å². The van der Waals surface area contributed by atoms with Gasteiger partial charge in [-0.1, -0.05) is 72.8 Å². The van der Waals surface area contributed by atoms with Crippen LogP contribution in [0.25, 0.3) is 0 Å². The number of hydrogen-bond donors (Lipinski definition) is 0. The predicted octanol–water partition coefficient (Wildman–Crippen LogP) is 6.77. The Morgan fingerprint density at radius 2 is 0.787 bits per heavy atom. The van der Waals surface area contributed by atoms with Crippen LogP contribution in [0.4, 0.5) is 26.3 Å². The smallest absolute Gasteiger partial charge is 0.274 e. The molecule has 6 rings (SSSR count). The molecular formula is C35H24F6N2O4. The molecule has 4 aromatic carbocycles. The van der Waals surface area contributed by atoms with E-state index in [1.54, 1.807) is 60.7 Å². The highest BCUT2D eigenvalue weighted by Crippen LogP contribution is 2.57. The van der Waals surface area contributed by atoms with Crippen LogP contribution in [0, 0.1) is 0 Å². The van der Waals surface area contributed by atoms with Crippen LogP contribution < -0.4 is 0 Å². The molecule has 0 aliphatic carbocycles. The van der Waals surface area contributed by atoms with Crippen LogP contribution >= 0.6 is 0 Å². The van der Waals surface area contributed by atoms with Gasteiger partial charge in [0, 0.05) is 13.1 Å². The second kappa shape index (κ2) is 11.5. The SMILES string of the molecule is O=C1c2ccc(C(c3ccc4c(c3)C(=O)N(CCc3ccccc3)C4=O)(C(F)(F)F)C(F)(F)F)cc2C(=O)N1CCc1ccccc1. The highest BCUT2D eigenvalue weighted by molar-refractivity contribution is 6.22. The summed E-state index contributed by atoms with van der Waals surface area (Å²) in [6.45, 7) is -0.284. The van der Waals surface area contributed by atoms with Crippen LogP contribution in [0.2, 0.25) is 0 Å². The van der Waals surface area contributed by atoms with E-state index in [0.717, 1.165) is 33.1 Å². The van der Waals surface area contributed by atoms with Crippen molar-refractivity contribution in [1.82, 2.24) is 9.80 Å². The first kappa shape index (κ1) is 31.7. The average molecular weight is 651 g/mol. The van der Waals surface area contributed by atoms with Gasteiger partial charge >= 0.3 is 12.4 Å². The molecule has 0 atom stereocenters. The number of hydrogen-bond acceptors (Lipinski definition) is 4. The summed E-state index contributed by atoms with van der Waals surface area (Å²) in [6, 6.07) is 21.0. The maximum atomic E-state index is 15.0. The zero-order valence-electron chi connectivity index (χ0n) is 24.4. The molecule has 0 N–H and O–H groups in total. The highest BCUT2D eigenvalue weighted by atomic mass is 19.4. The Kier molecular flexibility index (Phi) is 7.77. The molecule has 2 aliphatic rings. The van der Waals surface area contributed by atoms with Gasteiger partial charge in [0.15, 0.2) is 0 Å². The zero-order chi connectivity index (χ0) is 33.7. The third kappa shape index (κ3) is 5.17. The van der Waals surface area contributed by atoms with Crippen molar-refractivity contribution in [2.45, 2.75) is 30.6 Å². The fraction of sp³-hybridized carbons (Fsp3) is 0.200. The quantitative estimate of drug-likeness (QED) is 0.156. The lowest BCUT2D eigenvalue weighted by atomic mass is 9.71. The second-order valence-corrected chi connectivity index (χ2v) is 11.3. The van der Waals surface area contributed by atoms with E-state index in [-0.39, 0.29) is 37.1 Å². The number of halogens is 6. The van der Waals surface area contributed by atoms with Crippen LogP contribution in [0.3, 0.4) is 0 Å². The molecule has 6 nitrogen and oxygen atoms in total. The largest absolute Gasteiger partial charge is 0.411 e. The van der Waals surface area contributed by atoms with Gasteiger partial charge in [-0.25, -0.2) is 0 Å². The molecule has 4 aromatic rings. The van der Waals surface area contributed by atoms with Crippen molar-refractivity contribution in [2.24, 2.45) is 0 Å². The van der Waals surface area contributed by atoms with Crippen molar-refractivity contribution in [3.63, 3.8) is 0 Å². The van der Waals surface area contributed by atoms with Gasteiger partial charge in [-0.05, 0) is 59.4 Å². The van der Waals surface area contributed by atoms with Crippen LogP contribution in [0.1, 0.15) is 63.7 Å². The fourth-order valence-electron chi connectivity index (χ4n) is 6.21. The third-order valence-corrected chi connectivity index (χ3v) is 8.59. The summed E-state index contributed by atoms with van der Waals surface area (Å²) < 4.78 is 90.1. The Morgan fingerprint density at radius 3 is 1.13 bits per heavy atom. The lowest BCUT2D eigenvalue weighted by molar-refractivity contribution is -0.288. The first-order valence-electron chi connectivity index (χ1n) is 14.5. The lowest BCUT2D eigenvalue weighted by Crippen LogP contribution is -2.55. The van der Waals surface area contributed by atoms with Crippen molar-refractivity contribution < 1.29 is 45.5 Å². The number of alkyl halides is 6. The molecule has 0 bridgehead atoms. The van der Waals surface area contributed by atoms with E-state index in [0.29, 0.717) is 24.3 Å². The second-order valence-electron chi connectivity index (χ2n) is 11.3. The van der Waals surface area contributed by atoms with Gasteiger partial charge in [-0.2, -0.15) is 26.3 Å². The monoisotopic (exact) mass is 650 g/mol. The van der Waals surface area contributed by atoms with E-state index in [1.807, 2.05) is 0 Å². The number of rotatable bonds is 8. The lowest BCUT2D eigenvalue weighted by Gasteiger charge is -2.38. The summed E-state index contributed by atoms with van der Waals surface area (Å²) in [6.07, 6.45) is -11.6. The van der Waals surface area contributed by atoms with E-state index in [2.05, 4.69) is 0 Å². The van der Waals surface area contributed by atoms with Crippen LogP contribution in [-0.2, 0) is 18.3 Å². The van der Waals surface area contributed by atoms with E-state index in [4.69, 9.17) is 0 Å². The number of nitrogens with zero attached hydrogens (tertiary/aromatic N) is 2. The molecule has 2 aliphatic heterocycles. The maximum Gasteiger partial charge on any atom is 0.411 e. The van der Waals surface area contributed by atoms with E-state index in [9.17, 15) is 19.2 Å². The van der Waals surface area contributed by atoms with Crippen molar-refractivity contribution in [3.8, 4) is 0 Å². The standard InChI is InChI=1S/C35H24F6N2O4/c36-34(37,38)33(35(39,40)41,23-11-13-25-27(19-23)31(46)42(29(25)44)17-15-21-7-3-1-4-8-21)24-12-14-26-28(20-24)32(47)43(30(26)45)18-16-22-9-5-2-6-10-22/h1-14,19-20H,15-18H2. The molecule has 2 heterocycles. The molecule has 4 amide bonds. The van der Waals surface area contributed by atoms with E-state index < -0.39 is 63.7 Å². The van der Waals surface area contributed by atoms with Gasteiger partial charge < -0.3 is 0 Å². The van der Waals surface area contributed by atoms with Gasteiger partial charge in [0.05, 0.1) is 22.3 Å². The molecular weight excluding hydrogens is 626 g/mol. The topological polar surface area (TPSA) is 74.8 Å². The zero-order valence-corrected chi connectivity index (χ0v) is 24.4. The first-order valence-corrected chi connectivity index (χ1v) is 14.5. The predicted molar refractivity (Wildman–Crippen MR) is 157 cm³/mol. The summed E-state index contributed by atoms with van der Waals surface area (Å²) in [5.41, 5.74) is -7.76. The van der Waals surface area contributed by atoms with Crippen LogP contribution in [0.15, 0.2) is 97.1 Å². The van der Waals surface area contributed by atoms with E-state index >= 15 is 26.3 Å². The summed E-state index contributed by atoms with van der Waals surface area (Å²) in [5.74, 6) is -3.72. The minimum Gasteiger partial charge on any atom is -0.274 e. The van der Waals surface area contributed by atoms with Crippen molar-refractivity contribution in [1.29, 1.82) is 0 Å².